The summed E-state index contributed by atoms with van der Waals surface area (Å²) in [5, 5.41) is 4.30. The standard InChI is InChI=1S/C18H23F3N4O2S/c1-10(17(27)25-13-7-9-28-14(13)16(23)26)6-8-24-12-5-3-2-4-11(12)15(22)18(19,20)21/h7,9-10H,2-6,8,22H2,1H3,(H2,23,26)(H,25,27). The zero-order valence-corrected chi connectivity index (χ0v) is 16.3. The van der Waals surface area contributed by atoms with Crippen LogP contribution in [0.5, 0.6) is 0 Å². The van der Waals surface area contributed by atoms with Crippen LogP contribution in [0.3, 0.4) is 0 Å². The maximum atomic E-state index is 12.9. The Morgan fingerprint density at radius 2 is 1.96 bits per heavy atom. The molecule has 1 aliphatic rings. The summed E-state index contributed by atoms with van der Waals surface area (Å²) in [4.78, 5) is 28.1. The maximum Gasteiger partial charge on any atom is 0.431 e. The number of halogens is 3. The van der Waals surface area contributed by atoms with E-state index >= 15 is 0 Å². The van der Waals surface area contributed by atoms with E-state index in [0.29, 0.717) is 30.7 Å². The molecule has 1 aromatic rings. The topological polar surface area (TPSA) is 111 Å². The third kappa shape index (κ3) is 5.57. The van der Waals surface area contributed by atoms with Gasteiger partial charge in [-0.2, -0.15) is 13.2 Å². The first-order valence-corrected chi connectivity index (χ1v) is 9.77. The van der Waals surface area contributed by atoms with Gasteiger partial charge in [-0.3, -0.25) is 14.6 Å². The van der Waals surface area contributed by atoms with Crippen molar-refractivity contribution in [3.05, 3.63) is 27.6 Å². The molecular formula is C18H23F3N4O2S. The van der Waals surface area contributed by atoms with Gasteiger partial charge in [-0.15, -0.1) is 11.3 Å². The van der Waals surface area contributed by atoms with E-state index in [-0.39, 0.29) is 29.3 Å². The number of alkyl halides is 3. The molecule has 1 fully saturated rings. The molecule has 0 spiro atoms. The van der Waals surface area contributed by atoms with Crippen molar-refractivity contribution in [1.82, 2.24) is 0 Å². The number of aliphatic imine (C=N–C) groups is 1. The second-order valence-corrected chi connectivity index (χ2v) is 7.55. The van der Waals surface area contributed by atoms with Crippen LogP contribution in [0.2, 0.25) is 0 Å². The van der Waals surface area contributed by atoms with Crippen LogP contribution in [-0.2, 0) is 4.79 Å². The van der Waals surface area contributed by atoms with Gasteiger partial charge in [0.2, 0.25) is 5.91 Å². The highest BCUT2D eigenvalue weighted by Crippen LogP contribution is 2.31. The summed E-state index contributed by atoms with van der Waals surface area (Å²) in [5.74, 6) is -1.38. The lowest BCUT2D eigenvalue weighted by Crippen LogP contribution is -2.26. The second-order valence-electron chi connectivity index (χ2n) is 6.63. The Balaban J connectivity index is 1.99. The van der Waals surface area contributed by atoms with Gasteiger partial charge in [0, 0.05) is 23.7 Å². The quantitative estimate of drug-likeness (QED) is 0.659. The number of nitrogens with one attached hydrogen (secondary N) is 1. The SMILES string of the molecule is CC(CCN=C1CCCCC1=C(N)C(F)(F)F)C(=O)Nc1ccsc1C(N)=O. The lowest BCUT2D eigenvalue weighted by Gasteiger charge is -2.21. The summed E-state index contributed by atoms with van der Waals surface area (Å²) in [5.41, 5.74) is 10.3. The van der Waals surface area contributed by atoms with Gasteiger partial charge in [-0.05, 0) is 43.6 Å². The van der Waals surface area contributed by atoms with E-state index in [1.165, 1.54) is 0 Å². The minimum absolute atomic E-state index is 0.0697. The summed E-state index contributed by atoms with van der Waals surface area (Å²) in [7, 11) is 0. The van der Waals surface area contributed by atoms with Crippen molar-refractivity contribution in [2.24, 2.45) is 22.4 Å². The molecule has 0 aliphatic heterocycles. The molecule has 0 bridgehead atoms. The van der Waals surface area contributed by atoms with Gasteiger partial charge in [0.1, 0.15) is 10.6 Å². The predicted octanol–water partition coefficient (Wildman–Crippen LogP) is 3.60. The van der Waals surface area contributed by atoms with Gasteiger partial charge in [0.05, 0.1) is 5.69 Å². The zero-order chi connectivity index (χ0) is 20.9. The normalized spacial score (nSPS) is 19.4. The smallest absolute Gasteiger partial charge is 0.394 e. The van der Waals surface area contributed by atoms with Crippen LogP contribution in [0, 0.1) is 5.92 Å². The number of hydrogen-bond acceptors (Lipinski definition) is 5. The van der Waals surface area contributed by atoms with E-state index in [0.717, 1.165) is 17.8 Å². The third-order valence-electron chi connectivity index (χ3n) is 4.53. The van der Waals surface area contributed by atoms with Crippen LogP contribution in [0.4, 0.5) is 18.9 Å². The lowest BCUT2D eigenvalue weighted by atomic mass is 9.91. The average Bonchev–Trinajstić information content (AvgIpc) is 3.09. The molecule has 154 valence electrons. The van der Waals surface area contributed by atoms with Crippen molar-refractivity contribution >= 4 is 34.6 Å². The molecule has 28 heavy (non-hydrogen) atoms. The van der Waals surface area contributed by atoms with E-state index in [1.807, 2.05) is 0 Å². The summed E-state index contributed by atoms with van der Waals surface area (Å²) in [6, 6.07) is 1.59. The van der Waals surface area contributed by atoms with Gasteiger partial charge in [0.15, 0.2) is 0 Å². The van der Waals surface area contributed by atoms with Crippen molar-refractivity contribution < 1.29 is 22.8 Å². The Bertz CT molecular complexity index is 799. The Morgan fingerprint density at radius 1 is 1.29 bits per heavy atom. The maximum absolute atomic E-state index is 12.9. The number of amides is 2. The minimum atomic E-state index is -4.57. The molecule has 2 rings (SSSR count). The van der Waals surface area contributed by atoms with Crippen LogP contribution in [0.25, 0.3) is 0 Å². The number of nitrogens with two attached hydrogens (primary N) is 2. The number of nitrogens with zero attached hydrogens (tertiary/aromatic N) is 1. The first-order valence-electron chi connectivity index (χ1n) is 8.89. The molecule has 0 aromatic carbocycles. The van der Waals surface area contributed by atoms with Crippen molar-refractivity contribution in [1.29, 1.82) is 0 Å². The van der Waals surface area contributed by atoms with Gasteiger partial charge >= 0.3 is 6.18 Å². The first kappa shape index (κ1) is 21.9. The molecule has 1 aromatic heterocycles. The number of rotatable bonds is 6. The van der Waals surface area contributed by atoms with Crippen LogP contribution >= 0.6 is 11.3 Å². The molecule has 0 saturated heterocycles. The van der Waals surface area contributed by atoms with E-state index in [2.05, 4.69) is 10.3 Å². The Labute approximate surface area is 164 Å². The highest BCUT2D eigenvalue weighted by molar-refractivity contribution is 7.12. The summed E-state index contributed by atoms with van der Waals surface area (Å²) in [6.45, 7) is 1.90. The molecule has 6 nitrogen and oxygen atoms in total. The molecule has 5 N–H and O–H groups in total. The number of thiophene rings is 1. The number of hydrogen-bond donors (Lipinski definition) is 3. The van der Waals surface area contributed by atoms with Crippen molar-refractivity contribution in [2.45, 2.75) is 45.2 Å². The molecule has 1 aliphatic carbocycles. The Kier molecular flexibility index (Phi) is 7.22. The van der Waals surface area contributed by atoms with Gasteiger partial charge in [-0.25, -0.2) is 0 Å². The molecule has 10 heteroatoms. The van der Waals surface area contributed by atoms with Crippen molar-refractivity contribution in [2.75, 3.05) is 11.9 Å². The first-order chi connectivity index (χ1) is 13.1. The fraction of sp³-hybridized carbons (Fsp3) is 0.500. The third-order valence-corrected chi connectivity index (χ3v) is 5.46. The molecule has 0 radical (unpaired) electrons. The van der Waals surface area contributed by atoms with Crippen LogP contribution in [0.1, 0.15) is 48.7 Å². The number of allylic oxidation sites excluding steroid dienone is 2. The summed E-state index contributed by atoms with van der Waals surface area (Å²) < 4.78 is 38.7. The number of carbonyl (C=O) groups excluding carboxylic acids is 2. The lowest BCUT2D eigenvalue weighted by molar-refractivity contribution is -0.119. The van der Waals surface area contributed by atoms with Gasteiger partial charge in [0.25, 0.3) is 5.91 Å². The highest BCUT2D eigenvalue weighted by Gasteiger charge is 2.35. The Hall–Kier alpha value is -2.36. The predicted molar refractivity (Wildman–Crippen MR) is 103 cm³/mol. The monoisotopic (exact) mass is 416 g/mol. The molecular weight excluding hydrogens is 393 g/mol. The number of carbonyl (C=O) groups is 2. The fourth-order valence-electron chi connectivity index (χ4n) is 2.90. The second kappa shape index (κ2) is 9.22. The molecule has 1 unspecified atom stereocenters. The highest BCUT2D eigenvalue weighted by atomic mass is 32.1. The molecule has 1 atom stereocenters. The Morgan fingerprint density at radius 3 is 2.61 bits per heavy atom. The summed E-state index contributed by atoms with van der Waals surface area (Å²) >= 11 is 1.13. The fourth-order valence-corrected chi connectivity index (χ4v) is 3.61. The summed E-state index contributed by atoms with van der Waals surface area (Å²) in [6.07, 6.45) is -2.11. The van der Waals surface area contributed by atoms with E-state index in [4.69, 9.17) is 11.5 Å². The van der Waals surface area contributed by atoms with Crippen LogP contribution in [0.15, 0.2) is 27.7 Å². The van der Waals surface area contributed by atoms with Crippen LogP contribution in [-0.4, -0.2) is 30.2 Å². The zero-order valence-electron chi connectivity index (χ0n) is 15.4. The molecule has 1 saturated carbocycles. The number of primary amides is 1. The average molecular weight is 416 g/mol. The van der Waals surface area contributed by atoms with E-state index in [1.54, 1.807) is 18.4 Å². The molecule has 2 amide bonds. The largest absolute Gasteiger partial charge is 0.431 e. The number of anilines is 1. The van der Waals surface area contributed by atoms with E-state index in [9.17, 15) is 22.8 Å². The minimum Gasteiger partial charge on any atom is -0.394 e. The van der Waals surface area contributed by atoms with Crippen LogP contribution < -0.4 is 16.8 Å². The van der Waals surface area contributed by atoms with Gasteiger partial charge < -0.3 is 16.8 Å². The van der Waals surface area contributed by atoms with Crippen molar-refractivity contribution in [3.63, 3.8) is 0 Å². The van der Waals surface area contributed by atoms with Crippen molar-refractivity contribution in [3.8, 4) is 0 Å². The van der Waals surface area contributed by atoms with E-state index < -0.39 is 23.7 Å². The van der Waals surface area contributed by atoms with Gasteiger partial charge in [-0.1, -0.05) is 6.92 Å². The molecule has 1 heterocycles.